The standard InChI is InChI=1S/C16H16F3N3O/c17-16(18,19)11-4-5-13(23)15(22-9-7-20-8-10-22)14(11)12-3-1-2-6-21-12/h1-6,20,23H,7-10H2. The number of halogens is 3. The Balaban J connectivity index is 2.24. The van der Waals surface area contributed by atoms with Gasteiger partial charge in [0.25, 0.3) is 0 Å². The van der Waals surface area contributed by atoms with E-state index in [1.165, 1.54) is 12.3 Å². The number of phenols is 1. The number of aromatic hydroxyl groups is 1. The first kappa shape index (κ1) is 15.6. The van der Waals surface area contributed by atoms with Crippen LogP contribution >= 0.6 is 0 Å². The number of nitrogens with one attached hydrogen (secondary N) is 1. The molecule has 2 aromatic rings. The van der Waals surface area contributed by atoms with E-state index in [0.717, 1.165) is 12.1 Å². The van der Waals surface area contributed by atoms with E-state index in [2.05, 4.69) is 10.3 Å². The summed E-state index contributed by atoms with van der Waals surface area (Å²) in [6.07, 6.45) is -3.08. The Bertz CT molecular complexity index is 683. The second-order valence-electron chi connectivity index (χ2n) is 5.31. The fraction of sp³-hybridized carbons (Fsp3) is 0.312. The summed E-state index contributed by atoms with van der Waals surface area (Å²) < 4.78 is 40.4. The van der Waals surface area contributed by atoms with Gasteiger partial charge < -0.3 is 15.3 Å². The van der Waals surface area contributed by atoms with Crippen LogP contribution in [0.1, 0.15) is 5.56 Å². The quantitative estimate of drug-likeness (QED) is 0.892. The van der Waals surface area contributed by atoms with E-state index >= 15 is 0 Å². The van der Waals surface area contributed by atoms with Crippen molar-refractivity contribution in [1.29, 1.82) is 0 Å². The Kier molecular flexibility index (Phi) is 4.12. The highest BCUT2D eigenvalue weighted by atomic mass is 19.4. The SMILES string of the molecule is Oc1ccc(C(F)(F)F)c(-c2ccccn2)c1N1CCNCC1. The number of piperazine rings is 1. The van der Waals surface area contributed by atoms with Crippen LogP contribution in [0.15, 0.2) is 36.5 Å². The topological polar surface area (TPSA) is 48.4 Å². The maximum absolute atomic E-state index is 13.5. The van der Waals surface area contributed by atoms with Crippen LogP contribution in [0, 0.1) is 0 Å². The van der Waals surface area contributed by atoms with Crippen LogP contribution in [-0.4, -0.2) is 36.3 Å². The van der Waals surface area contributed by atoms with E-state index in [1.54, 1.807) is 17.0 Å². The second-order valence-corrected chi connectivity index (χ2v) is 5.31. The minimum absolute atomic E-state index is 0.0694. The number of phenolic OH excluding ortho intramolecular Hbond substituents is 1. The fourth-order valence-corrected chi connectivity index (χ4v) is 2.79. The molecule has 4 nitrogen and oxygen atoms in total. The van der Waals surface area contributed by atoms with Gasteiger partial charge in [0.2, 0.25) is 0 Å². The number of rotatable bonds is 2. The van der Waals surface area contributed by atoms with E-state index in [4.69, 9.17) is 0 Å². The average molecular weight is 323 g/mol. The highest BCUT2D eigenvalue weighted by molar-refractivity contribution is 5.84. The number of aromatic nitrogens is 1. The first-order valence-electron chi connectivity index (χ1n) is 7.28. The predicted molar refractivity (Wildman–Crippen MR) is 81.4 cm³/mol. The number of hydrogen-bond acceptors (Lipinski definition) is 4. The molecule has 1 aliphatic heterocycles. The van der Waals surface area contributed by atoms with Crippen LogP contribution in [0.4, 0.5) is 18.9 Å². The highest BCUT2D eigenvalue weighted by Crippen LogP contribution is 2.45. The zero-order valence-electron chi connectivity index (χ0n) is 12.3. The van der Waals surface area contributed by atoms with E-state index in [9.17, 15) is 18.3 Å². The number of anilines is 1. The van der Waals surface area contributed by atoms with E-state index < -0.39 is 11.7 Å². The van der Waals surface area contributed by atoms with Gasteiger partial charge in [-0.3, -0.25) is 4.98 Å². The molecule has 0 atom stereocenters. The van der Waals surface area contributed by atoms with Gasteiger partial charge in [0.1, 0.15) is 5.75 Å². The van der Waals surface area contributed by atoms with Crippen molar-refractivity contribution < 1.29 is 18.3 Å². The zero-order chi connectivity index (χ0) is 16.4. The number of pyridine rings is 1. The molecule has 0 bridgehead atoms. The zero-order valence-corrected chi connectivity index (χ0v) is 12.3. The molecule has 1 aliphatic rings. The molecule has 7 heteroatoms. The molecule has 0 saturated carbocycles. The van der Waals surface area contributed by atoms with Crippen molar-refractivity contribution >= 4 is 5.69 Å². The van der Waals surface area contributed by atoms with Crippen molar-refractivity contribution in [1.82, 2.24) is 10.3 Å². The molecular weight excluding hydrogens is 307 g/mol. The van der Waals surface area contributed by atoms with Crippen LogP contribution in [0.25, 0.3) is 11.3 Å². The number of hydrogen-bond donors (Lipinski definition) is 2. The molecule has 2 heterocycles. The highest BCUT2D eigenvalue weighted by Gasteiger charge is 2.37. The number of nitrogens with zero attached hydrogens (tertiary/aromatic N) is 2. The Hall–Kier alpha value is -2.28. The Labute approximate surface area is 131 Å². The lowest BCUT2D eigenvalue weighted by Crippen LogP contribution is -2.43. The van der Waals surface area contributed by atoms with Gasteiger partial charge in [-0.25, -0.2) is 0 Å². The fourth-order valence-electron chi connectivity index (χ4n) is 2.79. The summed E-state index contributed by atoms with van der Waals surface area (Å²) in [7, 11) is 0. The number of alkyl halides is 3. The normalized spacial score (nSPS) is 15.7. The molecule has 0 unspecified atom stereocenters. The van der Waals surface area contributed by atoms with Crippen LogP contribution in [0.3, 0.4) is 0 Å². The van der Waals surface area contributed by atoms with Gasteiger partial charge in [-0.1, -0.05) is 6.07 Å². The molecule has 3 rings (SSSR count). The largest absolute Gasteiger partial charge is 0.506 e. The minimum atomic E-state index is -4.52. The van der Waals surface area contributed by atoms with Crippen molar-refractivity contribution in [2.24, 2.45) is 0 Å². The van der Waals surface area contributed by atoms with Gasteiger partial charge in [0, 0.05) is 37.9 Å². The summed E-state index contributed by atoms with van der Waals surface area (Å²) in [5.41, 5.74) is -0.466. The molecule has 122 valence electrons. The molecule has 0 aliphatic carbocycles. The molecule has 1 saturated heterocycles. The first-order valence-corrected chi connectivity index (χ1v) is 7.28. The lowest BCUT2D eigenvalue weighted by molar-refractivity contribution is -0.137. The third-order valence-corrected chi connectivity index (χ3v) is 3.82. The summed E-state index contributed by atoms with van der Waals surface area (Å²) >= 11 is 0. The van der Waals surface area contributed by atoms with E-state index in [0.29, 0.717) is 26.2 Å². The molecule has 0 spiro atoms. The second kappa shape index (κ2) is 6.08. The van der Waals surface area contributed by atoms with Crippen LogP contribution in [0.5, 0.6) is 5.75 Å². The van der Waals surface area contributed by atoms with Gasteiger partial charge in [-0.15, -0.1) is 0 Å². The maximum Gasteiger partial charge on any atom is 0.417 e. The van der Waals surface area contributed by atoms with Crippen LogP contribution in [0.2, 0.25) is 0 Å². The molecule has 1 fully saturated rings. The van der Waals surface area contributed by atoms with Crippen molar-refractivity contribution in [2.75, 3.05) is 31.1 Å². The van der Waals surface area contributed by atoms with Crippen molar-refractivity contribution in [2.45, 2.75) is 6.18 Å². The summed E-state index contributed by atoms with van der Waals surface area (Å²) in [5.74, 6) is -0.166. The molecule has 2 N–H and O–H groups in total. The Morgan fingerprint density at radius 1 is 1.09 bits per heavy atom. The Morgan fingerprint density at radius 2 is 1.83 bits per heavy atom. The average Bonchev–Trinajstić information content (AvgIpc) is 2.55. The summed E-state index contributed by atoms with van der Waals surface area (Å²) in [4.78, 5) is 5.84. The summed E-state index contributed by atoms with van der Waals surface area (Å²) in [6.45, 7) is 2.35. The predicted octanol–water partition coefficient (Wildman–Crippen LogP) is 2.88. The first-order chi connectivity index (χ1) is 11.0. The van der Waals surface area contributed by atoms with Crippen LogP contribution < -0.4 is 10.2 Å². The number of benzene rings is 1. The lowest BCUT2D eigenvalue weighted by Gasteiger charge is -2.32. The van der Waals surface area contributed by atoms with Gasteiger partial charge in [0.15, 0.2) is 0 Å². The van der Waals surface area contributed by atoms with Gasteiger partial charge >= 0.3 is 6.18 Å². The smallest absolute Gasteiger partial charge is 0.417 e. The molecule has 0 amide bonds. The minimum Gasteiger partial charge on any atom is -0.506 e. The van der Waals surface area contributed by atoms with Gasteiger partial charge in [-0.05, 0) is 24.3 Å². The van der Waals surface area contributed by atoms with E-state index in [1.807, 2.05) is 0 Å². The molecule has 0 radical (unpaired) electrons. The monoisotopic (exact) mass is 323 g/mol. The summed E-state index contributed by atoms with van der Waals surface area (Å²) in [6, 6.07) is 6.81. The van der Waals surface area contributed by atoms with Crippen molar-refractivity contribution in [3.8, 4) is 17.0 Å². The molecular formula is C16H16F3N3O. The van der Waals surface area contributed by atoms with Crippen molar-refractivity contribution in [3.63, 3.8) is 0 Å². The molecule has 1 aromatic heterocycles. The third-order valence-electron chi connectivity index (χ3n) is 3.82. The lowest BCUT2D eigenvalue weighted by atomic mass is 9.99. The van der Waals surface area contributed by atoms with Crippen LogP contribution in [-0.2, 0) is 6.18 Å². The van der Waals surface area contributed by atoms with E-state index in [-0.39, 0.29) is 22.7 Å². The summed E-state index contributed by atoms with van der Waals surface area (Å²) in [5, 5.41) is 13.4. The Morgan fingerprint density at radius 3 is 2.43 bits per heavy atom. The van der Waals surface area contributed by atoms with Gasteiger partial charge in [-0.2, -0.15) is 13.2 Å². The van der Waals surface area contributed by atoms with Crippen molar-refractivity contribution in [3.05, 3.63) is 42.1 Å². The third kappa shape index (κ3) is 3.10. The maximum atomic E-state index is 13.5. The molecule has 1 aromatic carbocycles. The van der Waals surface area contributed by atoms with Gasteiger partial charge in [0.05, 0.1) is 16.9 Å². The molecule has 23 heavy (non-hydrogen) atoms.